The van der Waals surface area contributed by atoms with Crippen molar-refractivity contribution in [2.75, 3.05) is 19.4 Å². The molecule has 0 saturated carbocycles. The lowest BCUT2D eigenvalue weighted by molar-refractivity contribution is 0.224. The molecular weight excluding hydrogens is 384 g/mol. The first-order valence-electron chi connectivity index (χ1n) is 9.92. The van der Waals surface area contributed by atoms with Crippen molar-refractivity contribution in [1.29, 1.82) is 4.78 Å². The van der Waals surface area contributed by atoms with E-state index in [2.05, 4.69) is 69.3 Å². The van der Waals surface area contributed by atoms with Gasteiger partial charge in [0.05, 0.1) is 6.61 Å². The van der Waals surface area contributed by atoms with Crippen molar-refractivity contribution in [3.63, 3.8) is 0 Å². The summed E-state index contributed by atoms with van der Waals surface area (Å²) in [5, 5.41) is 2.43. The third-order valence-corrected chi connectivity index (χ3v) is 12.1. The van der Waals surface area contributed by atoms with Crippen molar-refractivity contribution in [1.82, 2.24) is 4.31 Å². The van der Waals surface area contributed by atoms with E-state index >= 15 is 0 Å². The van der Waals surface area contributed by atoms with Gasteiger partial charge in [0.1, 0.15) is 9.92 Å². The highest BCUT2D eigenvalue weighted by atomic mass is 32.2. The largest absolute Gasteiger partial charge is 0.406 e. The molecule has 0 radical (unpaired) electrons. The van der Waals surface area contributed by atoms with E-state index in [0.29, 0.717) is 13.2 Å². The normalized spacial score (nSPS) is 20.8. The van der Waals surface area contributed by atoms with Crippen LogP contribution in [0.3, 0.4) is 0 Å². The number of nitrogens with one attached hydrogen (secondary N) is 1. The molecule has 28 heavy (non-hydrogen) atoms. The van der Waals surface area contributed by atoms with Gasteiger partial charge in [0.2, 0.25) is 0 Å². The molecule has 0 spiro atoms. The summed E-state index contributed by atoms with van der Waals surface area (Å²) in [4.78, 5) is 0. The van der Waals surface area contributed by atoms with Crippen LogP contribution in [0, 0.1) is 4.78 Å². The van der Waals surface area contributed by atoms with Crippen LogP contribution in [-0.2, 0) is 14.3 Å². The van der Waals surface area contributed by atoms with Gasteiger partial charge in [-0.05, 0) is 28.3 Å². The summed E-state index contributed by atoms with van der Waals surface area (Å²) in [6.07, 6.45) is 3.43. The van der Waals surface area contributed by atoms with E-state index in [1.807, 2.05) is 16.4 Å². The Labute approximate surface area is 171 Å². The molecule has 1 saturated heterocycles. The number of hydrogen-bond donors (Lipinski definition) is 1. The van der Waals surface area contributed by atoms with E-state index < -0.39 is 18.2 Å². The van der Waals surface area contributed by atoms with E-state index in [-0.39, 0.29) is 11.1 Å². The van der Waals surface area contributed by atoms with Gasteiger partial charge in [-0.25, -0.2) is 13.3 Å². The van der Waals surface area contributed by atoms with E-state index in [1.54, 1.807) is 0 Å². The SMILES string of the molecule is CC(C)(C)[Si](OC[C@H]1CCCN1S(C)(=N)=O)(c1ccccc1)c1ccccc1. The molecule has 1 heterocycles. The van der Waals surface area contributed by atoms with Crippen molar-refractivity contribution >= 4 is 28.6 Å². The molecule has 1 aliphatic heterocycles. The highest BCUT2D eigenvalue weighted by molar-refractivity contribution is 7.89. The Morgan fingerprint density at radius 3 is 2.00 bits per heavy atom. The average molecular weight is 417 g/mol. The lowest BCUT2D eigenvalue weighted by Gasteiger charge is -2.44. The topological polar surface area (TPSA) is 53.4 Å². The lowest BCUT2D eigenvalue weighted by Crippen LogP contribution is -2.67. The van der Waals surface area contributed by atoms with Crippen LogP contribution in [0.1, 0.15) is 33.6 Å². The molecule has 1 fully saturated rings. The summed E-state index contributed by atoms with van der Waals surface area (Å²) in [7, 11) is -5.30. The molecule has 2 aromatic rings. The quantitative estimate of drug-likeness (QED) is 0.731. The predicted octanol–water partition coefficient (Wildman–Crippen LogP) is 3.62. The van der Waals surface area contributed by atoms with Crippen molar-refractivity contribution < 1.29 is 8.63 Å². The third kappa shape index (κ3) is 4.10. The van der Waals surface area contributed by atoms with Gasteiger partial charge in [0.15, 0.2) is 0 Å². The fourth-order valence-electron chi connectivity index (χ4n) is 4.42. The Morgan fingerprint density at radius 2 is 1.57 bits per heavy atom. The molecule has 2 aromatic carbocycles. The van der Waals surface area contributed by atoms with Crippen LogP contribution in [0.15, 0.2) is 60.7 Å². The maximum absolute atomic E-state index is 12.4. The lowest BCUT2D eigenvalue weighted by atomic mass is 10.2. The molecule has 0 aliphatic carbocycles. The number of hydrogen-bond acceptors (Lipinski definition) is 3. The molecule has 6 heteroatoms. The molecular formula is C22H32N2O2SSi. The molecule has 3 rings (SSSR count). The smallest absolute Gasteiger partial charge is 0.261 e. The van der Waals surface area contributed by atoms with Crippen LogP contribution in [-0.4, -0.2) is 42.3 Å². The van der Waals surface area contributed by atoms with Crippen LogP contribution in [0.5, 0.6) is 0 Å². The standard InChI is InChI=1S/C22H32N2O2SSi/c1-22(2,3)28(20-13-7-5-8-14-20,21-15-9-6-10-16-21)26-18-19-12-11-17-24(19)27(4,23)25/h5-10,13-16,19,23H,11-12,17-18H2,1-4H3/t19-,27?/m1/s1. The Bertz CT molecular complexity index is 840. The van der Waals surface area contributed by atoms with Gasteiger partial charge in [-0.3, -0.25) is 0 Å². The van der Waals surface area contributed by atoms with Crippen LogP contribution >= 0.6 is 0 Å². The number of benzene rings is 2. The van der Waals surface area contributed by atoms with Gasteiger partial charge >= 0.3 is 0 Å². The minimum Gasteiger partial charge on any atom is -0.406 e. The van der Waals surface area contributed by atoms with Crippen molar-refractivity contribution in [2.24, 2.45) is 0 Å². The van der Waals surface area contributed by atoms with E-state index in [0.717, 1.165) is 12.8 Å². The summed E-state index contributed by atoms with van der Waals surface area (Å²) in [6, 6.07) is 21.2. The van der Waals surface area contributed by atoms with Crippen molar-refractivity contribution in [3.8, 4) is 0 Å². The third-order valence-electron chi connectivity index (χ3n) is 5.68. The Kier molecular flexibility index (Phi) is 6.15. The number of rotatable bonds is 6. The molecule has 2 atom stereocenters. The maximum atomic E-state index is 12.4. The zero-order valence-corrected chi connectivity index (χ0v) is 19.2. The second-order valence-corrected chi connectivity index (χ2v) is 15.1. The Morgan fingerprint density at radius 1 is 1.07 bits per heavy atom. The molecule has 0 bridgehead atoms. The van der Waals surface area contributed by atoms with Crippen LogP contribution in [0.4, 0.5) is 0 Å². The fraction of sp³-hybridized carbons (Fsp3) is 0.455. The summed E-state index contributed by atoms with van der Waals surface area (Å²) in [5.74, 6) is 0. The summed E-state index contributed by atoms with van der Waals surface area (Å²) < 4.78 is 29.3. The monoisotopic (exact) mass is 416 g/mol. The zero-order chi connectivity index (χ0) is 20.4. The van der Waals surface area contributed by atoms with Crippen LogP contribution in [0.2, 0.25) is 5.04 Å². The second-order valence-electron chi connectivity index (χ2n) is 8.71. The molecule has 4 nitrogen and oxygen atoms in total. The first-order valence-corrected chi connectivity index (χ1v) is 13.7. The van der Waals surface area contributed by atoms with Crippen molar-refractivity contribution in [2.45, 2.75) is 44.7 Å². The maximum Gasteiger partial charge on any atom is 0.261 e. The van der Waals surface area contributed by atoms with Crippen LogP contribution < -0.4 is 10.4 Å². The number of nitrogens with zero attached hydrogens (tertiary/aromatic N) is 1. The molecule has 0 aromatic heterocycles. The molecule has 152 valence electrons. The van der Waals surface area contributed by atoms with Gasteiger partial charge in [0, 0.05) is 18.8 Å². The van der Waals surface area contributed by atoms with Crippen LogP contribution in [0.25, 0.3) is 0 Å². The molecule has 1 unspecified atom stereocenters. The first-order chi connectivity index (χ1) is 13.2. The van der Waals surface area contributed by atoms with Crippen molar-refractivity contribution in [3.05, 3.63) is 60.7 Å². The fourth-order valence-corrected chi connectivity index (χ4v) is 10.2. The minimum absolute atomic E-state index is 0.0386. The average Bonchev–Trinajstić information content (AvgIpc) is 3.12. The predicted molar refractivity (Wildman–Crippen MR) is 120 cm³/mol. The van der Waals surface area contributed by atoms with E-state index in [4.69, 9.17) is 9.21 Å². The molecule has 1 N–H and O–H groups in total. The first kappa shape index (κ1) is 21.2. The summed E-state index contributed by atoms with van der Waals surface area (Å²) in [6.45, 7) is 8.02. The van der Waals surface area contributed by atoms with Gasteiger partial charge in [0.25, 0.3) is 8.32 Å². The highest BCUT2D eigenvalue weighted by Crippen LogP contribution is 2.37. The zero-order valence-electron chi connectivity index (χ0n) is 17.4. The summed E-state index contributed by atoms with van der Waals surface area (Å²) >= 11 is 0. The molecule has 1 aliphatic rings. The highest BCUT2D eigenvalue weighted by Gasteiger charge is 2.50. The Balaban J connectivity index is 2.04. The Hall–Kier alpha value is -1.47. The minimum atomic E-state index is -2.72. The van der Waals surface area contributed by atoms with Gasteiger partial charge < -0.3 is 4.43 Å². The van der Waals surface area contributed by atoms with E-state index in [1.165, 1.54) is 16.6 Å². The second kappa shape index (κ2) is 8.11. The van der Waals surface area contributed by atoms with Gasteiger partial charge in [-0.1, -0.05) is 81.4 Å². The molecule has 0 amide bonds. The summed E-state index contributed by atoms with van der Waals surface area (Å²) in [5.41, 5.74) is 0. The van der Waals surface area contributed by atoms with E-state index in [9.17, 15) is 4.21 Å². The van der Waals surface area contributed by atoms with Gasteiger partial charge in [-0.15, -0.1) is 0 Å². The van der Waals surface area contributed by atoms with Gasteiger partial charge in [-0.2, -0.15) is 0 Å².